The molecule has 0 spiro atoms. The quantitative estimate of drug-likeness (QED) is 0.811. The summed E-state index contributed by atoms with van der Waals surface area (Å²) in [6.07, 6.45) is 6.52. The monoisotopic (exact) mass is 317 g/mol. The summed E-state index contributed by atoms with van der Waals surface area (Å²) in [5.74, 6) is 0.851. The molecule has 1 atom stereocenters. The van der Waals surface area contributed by atoms with Crippen LogP contribution < -0.4 is 10.0 Å². The van der Waals surface area contributed by atoms with Crippen molar-refractivity contribution in [1.29, 1.82) is 0 Å². The van der Waals surface area contributed by atoms with Gasteiger partial charge in [0.05, 0.1) is 0 Å². The van der Waals surface area contributed by atoms with Crippen LogP contribution in [0.3, 0.4) is 0 Å². The van der Waals surface area contributed by atoms with Crippen LogP contribution in [0.15, 0.2) is 0 Å². The van der Waals surface area contributed by atoms with Crippen LogP contribution in [0.4, 0.5) is 0 Å². The summed E-state index contributed by atoms with van der Waals surface area (Å²) < 4.78 is 30.0. The topological polar surface area (TPSA) is 61.4 Å². The van der Waals surface area contributed by atoms with Crippen molar-refractivity contribution in [2.75, 3.05) is 26.2 Å². The third kappa shape index (κ3) is 4.91. The van der Waals surface area contributed by atoms with Crippen molar-refractivity contribution in [2.24, 2.45) is 11.8 Å². The first-order valence-corrected chi connectivity index (χ1v) is 9.92. The van der Waals surface area contributed by atoms with E-state index in [-0.39, 0.29) is 6.04 Å². The Morgan fingerprint density at radius 3 is 2.52 bits per heavy atom. The van der Waals surface area contributed by atoms with Gasteiger partial charge in [0, 0.05) is 19.1 Å². The van der Waals surface area contributed by atoms with Crippen molar-refractivity contribution < 1.29 is 8.42 Å². The average Bonchev–Trinajstić information content (AvgIpc) is 2.72. The minimum absolute atomic E-state index is 0.194. The molecular formula is C15H31N3O2S. The van der Waals surface area contributed by atoms with Gasteiger partial charge in [0.15, 0.2) is 0 Å². The molecule has 2 heterocycles. The molecular weight excluding hydrogens is 286 g/mol. The van der Waals surface area contributed by atoms with Crippen molar-refractivity contribution in [1.82, 2.24) is 14.3 Å². The SMILES string of the molecule is CC(C)CNS(=O)(=O)N1CCCCCC1C1CCNCC1. The van der Waals surface area contributed by atoms with Crippen LogP contribution in [-0.2, 0) is 10.2 Å². The number of hydrogen-bond donors (Lipinski definition) is 2. The first-order valence-electron chi connectivity index (χ1n) is 8.48. The van der Waals surface area contributed by atoms with Gasteiger partial charge >= 0.3 is 0 Å². The Labute approximate surface area is 130 Å². The van der Waals surface area contributed by atoms with Crippen LogP contribution in [0.25, 0.3) is 0 Å². The molecule has 5 nitrogen and oxygen atoms in total. The van der Waals surface area contributed by atoms with E-state index < -0.39 is 10.2 Å². The van der Waals surface area contributed by atoms with E-state index in [9.17, 15) is 8.42 Å². The summed E-state index contributed by atoms with van der Waals surface area (Å²) in [6, 6.07) is 0.194. The van der Waals surface area contributed by atoms with Gasteiger partial charge in [0.2, 0.25) is 0 Å². The number of piperidine rings is 1. The highest BCUT2D eigenvalue weighted by Gasteiger charge is 2.36. The fraction of sp³-hybridized carbons (Fsp3) is 1.00. The van der Waals surface area contributed by atoms with Gasteiger partial charge in [-0.1, -0.05) is 26.7 Å². The summed E-state index contributed by atoms with van der Waals surface area (Å²) in [4.78, 5) is 0. The lowest BCUT2D eigenvalue weighted by Crippen LogP contribution is -2.51. The molecule has 2 aliphatic rings. The molecule has 2 saturated heterocycles. The first-order chi connectivity index (χ1) is 10.0. The zero-order valence-corrected chi connectivity index (χ0v) is 14.3. The Morgan fingerprint density at radius 1 is 1.14 bits per heavy atom. The lowest BCUT2D eigenvalue weighted by atomic mass is 9.88. The van der Waals surface area contributed by atoms with Gasteiger partial charge in [-0.2, -0.15) is 12.7 Å². The van der Waals surface area contributed by atoms with Crippen LogP contribution >= 0.6 is 0 Å². The minimum Gasteiger partial charge on any atom is -0.317 e. The zero-order valence-electron chi connectivity index (χ0n) is 13.5. The summed E-state index contributed by atoms with van der Waals surface area (Å²) in [7, 11) is -3.34. The molecule has 0 amide bonds. The highest BCUT2D eigenvalue weighted by molar-refractivity contribution is 7.87. The largest absolute Gasteiger partial charge is 0.317 e. The summed E-state index contributed by atoms with van der Waals surface area (Å²) in [5.41, 5.74) is 0. The zero-order chi connectivity index (χ0) is 15.3. The Hall–Kier alpha value is -0.170. The average molecular weight is 317 g/mol. The maximum atomic E-state index is 12.7. The van der Waals surface area contributed by atoms with E-state index in [1.54, 1.807) is 4.31 Å². The molecule has 0 saturated carbocycles. The number of nitrogens with one attached hydrogen (secondary N) is 2. The van der Waals surface area contributed by atoms with Crippen LogP contribution in [0.1, 0.15) is 52.4 Å². The van der Waals surface area contributed by atoms with Crippen molar-refractivity contribution in [3.8, 4) is 0 Å². The molecule has 0 aromatic rings. The predicted molar refractivity (Wildman–Crippen MR) is 86.3 cm³/mol. The Bertz CT molecular complexity index is 405. The molecule has 0 radical (unpaired) electrons. The highest BCUT2D eigenvalue weighted by atomic mass is 32.2. The molecule has 2 N–H and O–H groups in total. The van der Waals surface area contributed by atoms with Crippen molar-refractivity contribution in [3.05, 3.63) is 0 Å². The third-order valence-corrected chi connectivity index (χ3v) is 6.26. The van der Waals surface area contributed by atoms with Gasteiger partial charge in [-0.15, -0.1) is 0 Å². The molecule has 2 aliphatic heterocycles. The molecule has 2 rings (SSSR count). The normalized spacial score (nSPS) is 26.9. The van der Waals surface area contributed by atoms with Gasteiger partial charge in [0.25, 0.3) is 10.2 Å². The molecule has 0 bridgehead atoms. The fourth-order valence-corrected chi connectivity index (χ4v) is 5.17. The predicted octanol–water partition coefficient (Wildman–Crippen LogP) is 1.72. The molecule has 0 aliphatic carbocycles. The van der Waals surface area contributed by atoms with Crippen LogP contribution in [-0.4, -0.2) is 44.9 Å². The first kappa shape index (κ1) is 17.2. The maximum absolute atomic E-state index is 12.7. The fourth-order valence-electron chi connectivity index (χ4n) is 3.46. The Balaban J connectivity index is 2.10. The van der Waals surface area contributed by atoms with Gasteiger partial charge in [-0.05, 0) is 50.6 Å². The minimum atomic E-state index is -3.34. The second-order valence-corrected chi connectivity index (χ2v) is 8.57. The van der Waals surface area contributed by atoms with Crippen molar-refractivity contribution >= 4 is 10.2 Å². The molecule has 1 unspecified atom stereocenters. The number of hydrogen-bond acceptors (Lipinski definition) is 3. The molecule has 6 heteroatoms. The van der Waals surface area contributed by atoms with E-state index in [4.69, 9.17) is 0 Å². The van der Waals surface area contributed by atoms with E-state index in [1.807, 2.05) is 13.8 Å². The summed E-state index contributed by atoms with van der Waals surface area (Å²) in [6.45, 7) is 7.33. The van der Waals surface area contributed by atoms with Crippen LogP contribution in [0.5, 0.6) is 0 Å². The summed E-state index contributed by atoms with van der Waals surface area (Å²) in [5, 5.41) is 3.38. The van der Waals surface area contributed by atoms with Crippen LogP contribution in [0.2, 0.25) is 0 Å². The number of nitrogens with zero attached hydrogens (tertiary/aromatic N) is 1. The van der Waals surface area contributed by atoms with E-state index in [0.29, 0.717) is 24.9 Å². The summed E-state index contributed by atoms with van der Waals surface area (Å²) >= 11 is 0. The molecule has 2 fully saturated rings. The molecule has 0 aromatic carbocycles. The standard InChI is InChI=1S/C15H31N3O2S/c1-13(2)12-17-21(19,20)18-11-5-3-4-6-15(18)14-7-9-16-10-8-14/h13-17H,3-12H2,1-2H3. The highest BCUT2D eigenvalue weighted by Crippen LogP contribution is 2.29. The molecule has 124 valence electrons. The number of rotatable bonds is 5. The van der Waals surface area contributed by atoms with E-state index in [1.165, 1.54) is 0 Å². The molecule has 21 heavy (non-hydrogen) atoms. The van der Waals surface area contributed by atoms with Gasteiger partial charge in [0.1, 0.15) is 0 Å². The van der Waals surface area contributed by atoms with Crippen LogP contribution in [0, 0.1) is 11.8 Å². The smallest absolute Gasteiger partial charge is 0.279 e. The Morgan fingerprint density at radius 2 is 1.86 bits per heavy atom. The lowest BCUT2D eigenvalue weighted by molar-refractivity contribution is 0.196. The van der Waals surface area contributed by atoms with Crippen molar-refractivity contribution in [2.45, 2.75) is 58.4 Å². The Kier molecular flexibility index (Phi) is 6.47. The lowest BCUT2D eigenvalue weighted by Gasteiger charge is -2.37. The third-order valence-electron chi connectivity index (χ3n) is 4.66. The van der Waals surface area contributed by atoms with E-state index >= 15 is 0 Å². The van der Waals surface area contributed by atoms with E-state index in [2.05, 4.69) is 10.0 Å². The van der Waals surface area contributed by atoms with E-state index in [0.717, 1.165) is 51.6 Å². The second kappa shape index (κ2) is 7.90. The second-order valence-electron chi connectivity index (χ2n) is 6.86. The van der Waals surface area contributed by atoms with Gasteiger partial charge < -0.3 is 5.32 Å². The molecule has 0 aromatic heterocycles. The maximum Gasteiger partial charge on any atom is 0.279 e. The van der Waals surface area contributed by atoms with Gasteiger partial charge in [-0.25, -0.2) is 4.72 Å². The van der Waals surface area contributed by atoms with Crippen molar-refractivity contribution in [3.63, 3.8) is 0 Å². The van der Waals surface area contributed by atoms with Gasteiger partial charge in [-0.3, -0.25) is 0 Å².